The van der Waals surface area contributed by atoms with E-state index in [0.717, 1.165) is 25.9 Å². The SMILES string of the molecule is CCCCC(=O)N(C)CC1CCCN1. The molecule has 3 nitrogen and oxygen atoms in total. The summed E-state index contributed by atoms with van der Waals surface area (Å²) in [4.78, 5) is 13.5. The molecule has 1 atom stereocenters. The zero-order valence-electron chi connectivity index (χ0n) is 9.38. The molecule has 0 radical (unpaired) electrons. The van der Waals surface area contributed by atoms with Gasteiger partial charge in [0.15, 0.2) is 0 Å². The number of hydrogen-bond acceptors (Lipinski definition) is 2. The van der Waals surface area contributed by atoms with Gasteiger partial charge in [0.25, 0.3) is 0 Å². The molecule has 0 aliphatic carbocycles. The standard InChI is InChI=1S/C11H22N2O/c1-3-4-7-11(14)13(2)9-10-6-5-8-12-10/h10,12H,3-9H2,1-2H3. The first-order valence-electron chi connectivity index (χ1n) is 5.71. The van der Waals surface area contributed by atoms with Gasteiger partial charge >= 0.3 is 0 Å². The van der Waals surface area contributed by atoms with Crippen LogP contribution in [0.15, 0.2) is 0 Å². The van der Waals surface area contributed by atoms with Crippen molar-refractivity contribution in [3.63, 3.8) is 0 Å². The maximum Gasteiger partial charge on any atom is 0.222 e. The third-order valence-electron chi connectivity index (χ3n) is 2.83. The fourth-order valence-corrected chi connectivity index (χ4v) is 1.86. The van der Waals surface area contributed by atoms with Gasteiger partial charge < -0.3 is 10.2 Å². The molecule has 0 aromatic heterocycles. The van der Waals surface area contributed by atoms with Crippen molar-refractivity contribution in [3.8, 4) is 0 Å². The summed E-state index contributed by atoms with van der Waals surface area (Å²) < 4.78 is 0. The van der Waals surface area contributed by atoms with Crippen LogP contribution in [0.5, 0.6) is 0 Å². The highest BCUT2D eigenvalue weighted by Gasteiger charge is 2.18. The molecule has 0 aromatic carbocycles. The van der Waals surface area contributed by atoms with Crippen molar-refractivity contribution < 1.29 is 4.79 Å². The van der Waals surface area contributed by atoms with Gasteiger partial charge in [-0.3, -0.25) is 4.79 Å². The van der Waals surface area contributed by atoms with Crippen molar-refractivity contribution in [1.29, 1.82) is 0 Å². The van der Waals surface area contributed by atoms with Gasteiger partial charge in [0.2, 0.25) is 5.91 Å². The summed E-state index contributed by atoms with van der Waals surface area (Å²) in [6, 6.07) is 0.533. The van der Waals surface area contributed by atoms with Crippen LogP contribution < -0.4 is 5.32 Å². The van der Waals surface area contributed by atoms with Gasteiger partial charge in [0.05, 0.1) is 0 Å². The lowest BCUT2D eigenvalue weighted by Crippen LogP contribution is -2.38. The van der Waals surface area contributed by atoms with Crippen LogP contribution in [0.1, 0.15) is 39.0 Å². The largest absolute Gasteiger partial charge is 0.344 e. The van der Waals surface area contributed by atoms with E-state index in [1.165, 1.54) is 12.8 Å². The van der Waals surface area contributed by atoms with E-state index in [1.54, 1.807) is 0 Å². The number of carbonyl (C=O) groups is 1. The van der Waals surface area contributed by atoms with Gasteiger partial charge in [-0.05, 0) is 25.8 Å². The van der Waals surface area contributed by atoms with Crippen molar-refractivity contribution in [2.24, 2.45) is 0 Å². The van der Waals surface area contributed by atoms with Gasteiger partial charge in [0, 0.05) is 26.1 Å². The van der Waals surface area contributed by atoms with E-state index in [1.807, 2.05) is 11.9 Å². The summed E-state index contributed by atoms with van der Waals surface area (Å²) in [5, 5.41) is 3.40. The monoisotopic (exact) mass is 198 g/mol. The Morgan fingerprint density at radius 1 is 1.57 bits per heavy atom. The van der Waals surface area contributed by atoms with Gasteiger partial charge in [-0.2, -0.15) is 0 Å². The molecule has 14 heavy (non-hydrogen) atoms. The first-order chi connectivity index (χ1) is 6.74. The number of nitrogens with zero attached hydrogens (tertiary/aromatic N) is 1. The molecule has 3 heteroatoms. The number of amides is 1. The van der Waals surface area contributed by atoms with E-state index in [4.69, 9.17) is 0 Å². The summed E-state index contributed by atoms with van der Waals surface area (Å²) in [7, 11) is 1.91. The summed E-state index contributed by atoms with van der Waals surface area (Å²) in [6.45, 7) is 4.11. The Bertz CT molecular complexity index is 176. The molecular weight excluding hydrogens is 176 g/mol. The second-order valence-corrected chi connectivity index (χ2v) is 4.17. The summed E-state index contributed by atoms with van der Waals surface area (Å²) in [5.74, 6) is 0.292. The van der Waals surface area contributed by atoms with E-state index in [0.29, 0.717) is 18.4 Å². The molecule has 1 aliphatic heterocycles. The number of rotatable bonds is 5. The smallest absolute Gasteiger partial charge is 0.222 e. The predicted molar refractivity (Wildman–Crippen MR) is 58.2 cm³/mol. The topological polar surface area (TPSA) is 32.3 Å². The molecule has 0 spiro atoms. The number of likely N-dealkylation sites (N-methyl/N-ethyl adjacent to an activating group) is 1. The molecule has 1 heterocycles. The van der Waals surface area contributed by atoms with Crippen molar-refractivity contribution in [3.05, 3.63) is 0 Å². The normalized spacial score (nSPS) is 21.1. The molecule has 1 N–H and O–H groups in total. The number of nitrogens with one attached hydrogen (secondary N) is 1. The van der Waals surface area contributed by atoms with Gasteiger partial charge in [0.1, 0.15) is 0 Å². The number of carbonyl (C=O) groups excluding carboxylic acids is 1. The molecule has 0 saturated carbocycles. The van der Waals surface area contributed by atoms with Crippen molar-refractivity contribution in [2.75, 3.05) is 20.1 Å². The average molecular weight is 198 g/mol. The molecule has 82 valence electrons. The Hall–Kier alpha value is -0.570. The second kappa shape index (κ2) is 6.02. The molecule has 1 saturated heterocycles. The minimum Gasteiger partial charge on any atom is -0.344 e. The highest BCUT2D eigenvalue weighted by atomic mass is 16.2. The van der Waals surface area contributed by atoms with Crippen LogP contribution in [0.3, 0.4) is 0 Å². The zero-order valence-corrected chi connectivity index (χ0v) is 9.38. The predicted octanol–water partition coefficient (Wildman–Crippen LogP) is 1.39. The maximum atomic E-state index is 11.6. The Balaban J connectivity index is 2.18. The van der Waals surface area contributed by atoms with E-state index >= 15 is 0 Å². The Morgan fingerprint density at radius 3 is 2.93 bits per heavy atom. The Labute approximate surface area is 86.9 Å². The lowest BCUT2D eigenvalue weighted by atomic mass is 10.2. The molecule has 1 amide bonds. The van der Waals surface area contributed by atoms with Crippen molar-refractivity contribution in [1.82, 2.24) is 10.2 Å². The summed E-state index contributed by atoms with van der Waals surface area (Å²) in [6.07, 6.45) is 5.29. The Kier molecular flexibility index (Phi) is 4.94. The van der Waals surface area contributed by atoms with Crippen LogP contribution in [-0.2, 0) is 4.79 Å². The average Bonchev–Trinajstić information content (AvgIpc) is 2.66. The zero-order chi connectivity index (χ0) is 10.4. The lowest BCUT2D eigenvalue weighted by Gasteiger charge is -2.21. The molecule has 0 bridgehead atoms. The van der Waals surface area contributed by atoms with Crippen LogP contribution in [0.25, 0.3) is 0 Å². The fourth-order valence-electron chi connectivity index (χ4n) is 1.86. The Morgan fingerprint density at radius 2 is 2.36 bits per heavy atom. The van der Waals surface area contributed by atoms with Crippen molar-refractivity contribution in [2.45, 2.75) is 45.1 Å². The van der Waals surface area contributed by atoms with Crippen LogP contribution in [0, 0.1) is 0 Å². The third kappa shape index (κ3) is 3.66. The lowest BCUT2D eigenvalue weighted by molar-refractivity contribution is -0.130. The van der Waals surface area contributed by atoms with Crippen LogP contribution >= 0.6 is 0 Å². The van der Waals surface area contributed by atoms with E-state index < -0.39 is 0 Å². The molecule has 1 unspecified atom stereocenters. The minimum atomic E-state index is 0.292. The maximum absolute atomic E-state index is 11.6. The first kappa shape index (κ1) is 11.5. The van der Waals surface area contributed by atoms with E-state index in [2.05, 4.69) is 12.2 Å². The third-order valence-corrected chi connectivity index (χ3v) is 2.83. The molecule has 0 aromatic rings. The molecule has 1 rings (SSSR count). The highest BCUT2D eigenvalue weighted by molar-refractivity contribution is 5.75. The molecule has 1 fully saturated rings. The van der Waals surface area contributed by atoms with Gasteiger partial charge in [-0.25, -0.2) is 0 Å². The molecule has 1 aliphatic rings. The summed E-state index contributed by atoms with van der Waals surface area (Å²) >= 11 is 0. The highest BCUT2D eigenvalue weighted by Crippen LogP contribution is 2.07. The minimum absolute atomic E-state index is 0.292. The molecular formula is C11H22N2O. The summed E-state index contributed by atoms with van der Waals surface area (Å²) in [5.41, 5.74) is 0. The quantitative estimate of drug-likeness (QED) is 0.724. The van der Waals surface area contributed by atoms with E-state index in [9.17, 15) is 4.79 Å². The van der Waals surface area contributed by atoms with Crippen molar-refractivity contribution >= 4 is 5.91 Å². The fraction of sp³-hybridized carbons (Fsp3) is 0.909. The van der Waals surface area contributed by atoms with Crippen LogP contribution in [-0.4, -0.2) is 37.0 Å². The number of hydrogen-bond donors (Lipinski definition) is 1. The first-order valence-corrected chi connectivity index (χ1v) is 5.71. The van der Waals surface area contributed by atoms with Gasteiger partial charge in [-0.1, -0.05) is 13.3 Å². The van der Waals surface area contributed by atoms with E-state index in [-0.39, 0.29) is 0 Å². The van der Waals surface area contributed by atoms with Crippen LogP contribution in [0.4, 0.5) is 0 Å². The van der Waals surface area contributed by atoms with Gasteiger partial charge in [-0.15, -0.1) is 0 Å². The van der Waals surface area contributed by atoms with Crippen LogP contribution in [0.2, 0.25) is 0 Å². The second-order valence-electron chi connectivity index (χ2n) is 4.17. The number of unbranched alkanes of at least 4 members (excludes halogenated alkanes) is 1.